The van der Waals surface area contributed by atoms with Gasteiger partial charge < -0.3 is 10.1 Å². The molecule has 0 bridgehead atoms. The molecular formula is C13H12N2O3. The van der Waals surface area contributed by atoms with Gasteiger partial charge in [0.2, 0.25) is 0 Å². The fraction of sp³-hybridized carbons (Fsp3) is 0.154. The Bertz CT molecular complexity index is 524. The zero-order valence-electron chi connectivity index (χ0n) is 10.1. The van der Waals surface area contributed by atoms with E-state index in [-0.39, 0.29) is 11.4 Å². The van der Waals surface area contributed by atoms with E-state index in [1.807, 2.05) is 0 Å². The molecule has 0 amide bonds. The van der Waals surface area contributed by atoms with Crippen LogP contribution in [0.1, 0.15) is 17.3 Å². The Hall–Kier alpha value is -2.61. The van der Waals surface area contributed by atoms with E-state index in [2.05, 4.69) is 10.1 Å². The van der Waals surface area contributed by atoms with Gasteiger partial charge >= 0.3 is 5.97 Å². The third-order valence-electron chi connectivity index (χ3n) is 2.20. The molecule has 1 aromatic carbocycles. The Balaban J connectivity index is 2.80. The van der Waals surface area contributed by atoms with Crippen molar-refractivity contribution < 1.29 is 14.3 Å². The molecule has 0 fully saturated rings. The van der Waals surface area contributed by atoms with Crippen LogP contribution in [0.25, 0.3) is 0 Å². The molecule has 5 heteroatoms. The van der Waals surface area contributed by atoms with Crippen molar-refractivity contribution in [2.75, 3.05) is 12.4 Å². The second kappa shape index (κ2) is 6.21. The Labute approximate surface area is 105 Å². The molecule has 0 atom stereocenters. The van der Waals surface area contributed by atoms with Crippen LogP contribution in [0.3, 0.4) is 0 Å². The quantitative estimate of drug-likeness (QED) is 0.378. The summed E-state index contributed by atoms with van der Waals surface area (Å²) in [4.78, 5) is 22.2. The van der Waals surface area contributed by atoms with Gasteiger partial charge in [0.15, 0.2) is 11.4 Å². The number of nitriles is 1. The van der Waals surface area contributed by atoms with Crippen LogP contribution in [0, 0.1) is 11.3 Å². The first kappa shape index (κ1) is 13.5. The number of hydrogen-bond acceptors (Lipinski definition) is 5. The summed E-state index contributed by atoms with van der Waals surface area (Å²) in [6.45, 7) is 1.48. The first-order valence-corrected chi connectivity index (χ1v) is 5.14. The van der Waals surface area contributed by atoms with Gasteiger partial charge in [-0.1, -0.05) is 0 Å². The molecule has 0 spiro atoms. The highest BCUT2D eigenvalue weighted by Gasteiger charge is 2.07. The van der Waals surface area contributed by atoms with E-state index in [0.717, 1.165) is 0 Å². The largest absolute Gasteiger partial charge is 0.465 e. The Morgan fingerprint density at radius 3 is 2.39 bits per heavy atom. The number of nitrogens with one attached hydrogen (secondary N) is 1. The minimum atomic E-state index is -0.703. The smallest absolute Gasteiger partial charge is 0.350 e. The number of esters is 1. The summed E-state index contributed by atoms with van der Waals surface area (Å²) >= 11 is 0. The molecule has 0 unspecified atom stereocenters. The first-order valence-electron chi connectivity index (χ1n) is 5.14. The lowest BCUT2D eigenvalue weighted by molar-refractivity contribution is -0.135. The molecule has 1 aromatic rings. The fourth-order valence-electron chi connectivity index (χ4n) is 1.20. The molecule has 0 heterocycles. The van der Waals surface area contributed by atoms with Crippen molar-refractivity contribution in [3.05, 3.63) is 41.6 Å². The van der Waals surface area contributed by atoms with Gasteiger partial charge in [0.05, 0.1) is 7.11 Å². The molecule has 1 N–H and O–H groups in total. The lowest BCUT2D eigenvalue weighted by Crippen LogP contribution is -2.05. The number of rotatable bonds is 4. The molecule has 92 valence electrons. The average molecular weight is 244 g/mol. The number of carbonyl (C=O) groups is 2. The van der Waals surface area contributed by atoms with E-state index in [1.165, 1.54) is 20.2 Å². The van der Waals surface area contributed by atoms with Crippen molar-refractivity contribution >= 4 is 17.4 Å². The van der Waals surface area contributed by atoms with Crippen LogP contribution in [-0.2, 0) is 9.53 Å². The van der Waals surface area contributed by atoms with E-state index in [4.69, 9.17) is 5.26 Å². The van der Waals surface area contributed by atoms with Crippen LogP contribution < -0.4 is 5.32 Å². The van der Waals surface area contributed by atoms with Crippen LogP contribution in [0.15, 0.2) is 36.0 Å². The van der Waals surface area contributed by atoms with Gasteiger partial charge in [0.1, 0.15) is 6.07 Å². The highest BCUT2D eigenvalue weighted by atomic mass is 16.5. The van der Waals surface area contributed by atoms with Gasteiger partial charge in [-0.2, -0.15) is 5.26 Å². The highest BCUT2D eigenvalue weighted by molar-refractivity contribution is 5.94. The minimum absolute atomic E-state index is 0.0237. The Morgan fingerprint density at radius 1 is 1.33 bits per heavy atom. The number of Topliss-reactive ketones (excluding diaryl/α,β-unsaturated/α-hetero) is 1. The molecule has 5 nitrogen and oxygen atoms in total. The van der Waals surface area contributed by atoms with Crippen molar-refractivity contribution in [3.63, 3.8) is 0 Å². The molecule has 0 aromatic heterocycles. The van der Waals surface area contributed by atoms with E-state index in [0.29, 0.717) is 11.3 Å². The molecule has 0 aliphatic rings. The van der Waals surface area contributed by atoms with E-state index in [9.17, 15) is 9.59 Å². The maximum atomic E-state index is 11.1. The second-order valence-corrected chi connectivity index (χ2v) is 3.44. The lowest BCUT2D eigenvalue weighted by Gasteiger charge is -2.02. The molecule has 0 saturated carbocycles. The SMILES string of the molecule is COC(=O)C(C#N)=CNc1ccc(C(C)=O)cc1. The number of hydrogen-bond donors (Lipinski definition) is 1. The summed E-state index contributed by atoms with van der Waals surface area (Å²) in [5, 5.41) is 11.5. The molecule has 1 rings (SSSR count). The summed E-state index contributed by atoms with van der Waals surface area (Å²) in [7, 11) is 1.20. The van der Waals surface area contributed by atoms with Gasteiger partial charge in [-0.15, -0.1) is 0 Å². The second-order valence-electron chi connectivity index (χ2n) is 3.44. The van der Waals surface area contributed by atoms with Crippen molar-refractivity contribution in [2.45, 2.75) is 6.92 Å². The normalized spacial score (nSPS) is 10.4. The third kappa shape index (κ3) is 3.46. The molecule has 0 aliphatic heterocycles. The topological polar surface area (TPSA) is 79.2 Å². The number of methoxy groups -OCH3 is 1. The van der Waals surface area contributed by atoms with Crippen LogP contribution >= 0.6 is 0 Å². The van der Waals surface area contributed by atoms with Crippen LogP contribution in [0.5, 0.6) is 0 Å². The molecule has 0 radical (unpaired) electrons. The standard InChI is InChI=1S/C13H12N2O3/c1-9(16)10-3-5-12(6-4-10)15-8-11(7-14)13(17)18-2/h3-6,8,15H,1-2H3. The van der Waals surface area contributed by atoms with Crippen LogP contribution in [-0.4, -0.2) is 18.9 Å². The van der Waals surface area contributed by atoms with Gasteiger partial charge in [0, 0.05) is 17.5 Å². The summed E-state index contributed by atoms with van der Waals surface area (Å²) in [6, 6.07) is 8.39. The van der Waals surface area contributed by atoms with E-state index >= 15 is 0 Å². The molecule has 0 aliphatic carbocycles. The van der Waals surface area contributed by atoms with Gasteiger partial charge in [-0.3, -0.25) is 4.79 Å². The van der Waals surface area contributed by atoms with Crippen LogP contribution in [0.4, 0.5) is 5.69 Å². The summed E-state index contributed by atoms with van der Waals surface area (Å²) in [6.07, 6.45) is 1.26. The summed E-state index contributed by atoms with van der Waals surface area (Å²) in [5.74, 6) is -0.727. The van der Waals surface area contributed by atoms with Gasteiger partial charge in [-0.25, -0.2) is 4.79 Å². The highest BCUT2D eigenvalue weighted by Crippen LogP contribution is 2.10. The molecule has 18 heavy (non-hydrogen) atoms. The minimum Gasteiger partial charge on any atom is -0.465 e. The lowest BCUT2D eigenvalue weighted by atomic mass is 10.1. The summed E-state index contributed by atoms with van der Waals surface area (Å²) in [5.41, 5.74) is 1.13. The Morgan fingerprint density at radius 2 is 1.94 bits per heavy atom. The zero-order valence-corrected chi connectivity index (χ0v) is 10.1. The fourth-order valence-corrected chi connectivity index (χ4v) is 1.20. The number of ketones is 1. The van der Waals surface area contributed by atoms with Gasteiger partial charge in [-0.05, 0) is 31.2 Å². The number of benzene rings is 1. The molecule has 0 saturated heterocycles. The van der Waals surface area contributed by atoms with E-state index < -0.39 is 5.97 Å². The zero-order chi connectivity index (χ0) is 13.5. The number of ether oxygens (including phenoxy) is 1. The Kier molecular flexibility index (Phi) is 4.64. The maximum absolute atomic E-state index is 11.1. The molecular weight excluding hydrogens is 232 g/mol. The van der Waals surface area contributed by atoms with Crippen molar-refractivity contribution in [1.82, 2.24) is 0 Å². The maximum Gasteiger partial charge on any atom is 0.350 e. The number of anilines is 1. The summed E-state index contributed by atoms with van der Waals surface area (Å²) < 4.78 is 4.43. The van der Waals surface area contributed by atoms with Crippen molar-refractivity contribution in [1.29, 1.82) is 5.26 Å². The monoisotopic (exact) mass is 244 g/mol. The van der Waals surface area contributed by atoms with Crippen molar-refractivity contribution in [3.8, 4) is 6.07 Å². The van der Waals surface area contributed by atoms with Crippen molar-refractivity contribution in [2.24, 2.45) is 0 Å². The first-order chi connectivity index (χ1) is 8.58. The third-order valence-corrected chi connectivity index (χ3v) is 2.20. The van der Waals surface area contributed by atoms with Gasteiger partial charge in [0.25, 0.3) is 0 Å². The number of nitrogens with zero attached hydrogens (tertiary/aromatic N) is 1. The van der Waals surface area contributed by atoms with E-state index in [1.54, 1.807) is 30.3 Å². The predicted octanol–water partition coefficient (Wildman–Crippen LogP) is 1.88. The van der Waals surface area contributed by atoms with Crippen LogP contribution in [0.2, 0.25) is 0 Å². The predicted molar refractivity (Wildman–Crippen MR) is 65.8 cm³/mol. The average Bonchev–Trinajstić information content (AvgIpc) is 2.39. The number of carbonyl (C=O) groups excluding carboxylic acids is 2.